The number of carbonyl (C=O) groups is 3. The molecule has 0 radical (unpaired) electrons. The van der Waals surface area contributed by atoms with Gasteiger partial charge in [0.2, 0.25) is 5.91 Å². The maximum Gasteiger partial charge on any atom is 0.322 e. The number of piperidine rings is 1. The van der Waals surface area contributed by atoms with E-state index in [4.69, 9.17) is 0 Å². The molecule has 2 saturated heterocycles. The third kappa shape index (κ3) is 5.95. The number of rotatable bonds is 5. The molecular weight excluding hydrogens is 475 g/mol. The third-order valence-electron chi connectivity index (χ3n) is 5.21. The Balaban J connectivity index is 0.00000392. The summed E-state index contributed by atoms with van der Waals surface area (Å²) in [5.74, 6) is 0.937. The van der Waals surface area contributed by atoms with Gasteiger partial charge in [-0.2, -0.15) is 0 Å². The van der Waals surface area contributed by atoms with Crippen LogP contribution in [0.15, 0.2) is 4.99 Å². The quantitative estimate of drug-likeness (QED) is 0.218. The molecule has 0 aromatic rings. The molecule has 4 amide bonds. The number of likely N-dealkylation sites (N-methyl/N-ethyl adjacent to an activating group) is 1. The van der Waals surface area contributed by atoms with E-state index in [2.05, 4.69) is 39.7 Å². The summed E-state index contributed by atoms with van der Waals surface area (Å²) in [6.07, 6.45) is 1.52. The number of amides is 4. The maximum absolute atomic E-state index is 12.2. The Kier molecular flexibility index (Phi) is 8.96. The summed E-state index contributed by atoms with van der Waals surface area (Å²) in [4.78, 5) is 43.7. The topological polar surface area (TPSA) is 106 Å². The summed E-state index contributed by atoms with van der Waals surface area (Å²) in [6.45, 7) is 8.31. The smallest absolute Gasteiger partial charge is 0.322 e. The van der Waals surface area contributed by atoms with Crippen LogP contribution in [0.25, 0.3) is 0 Å². The van der Waals surface area contributed by atoms with Gasteiger partial charge in [0.05, 0.1) is 0 Å². The Hall–Kier alpha value is -1.59. The van der Waals surface area contributed by atoms with Gasteiger partial charge in [0.15, 0.2) is 5.96 Å². The first kappa shape index (κ1) is 24.4. The number of guanidine groups is 1. The molecule has 1 unspecified atom stereocenters. The van der Waals surface area contributed by atoms with Crippen molar-refractivity contribution >= 4 is 47.8 Å². The Morgan fingerprint density at radius 3 is 2.39 bits per heavy atom. The number of nitrogens with zero attached hydrogens (tertiary/aromatic N) is 3. The van der Waals surface area contributed by atoms with Gasteiger partial charge in [0.1, 0.15) is 12.1 Å². The molecule has 1 atom stereocenters. The Morgan fingerprint density at radius 1 is 1.32 bits per heavy atom. The number of imide groups is 1. The monoisotopic (exact) mass is 508 g/mol. The molecule has 0 aromatic carbocycles. The van der Waals surface area contributed by atoms with Gasteiger partial charge >= 0.3 is 6.03 Å². The fraction of sp³-hybridized carbons (Fsp3) is 0.778. The Morgan fingerprint density at radius 2 is 1.93 bits per heavy atom. The highest BCUT2D eigenvalue weighted by molar-refractivity contribution is 14.0. The summed E-state index contributed by atoms with van der Waals surface area (Å²) in [5.41, 5.74) is -0.854. The zero-order valence-electron chi connectivity index (χ0n) is 17.4. The molecule has 0 aromatic heterocycles. The fourth-order valence-electron chi connectivity index (χ4n) is 3.36. The predicted molar refractivity (Wildman–Crippen MR) is 119 cm³/mol. The van der Waals surface area contributed by atoms with Crippen molar-refractivity contribution in [3.05, 3.63) is 0 Å². The summed E-state index contributed by atoms with van der Waals surface area (Å²) in [5, 5.41) is 8.46. The van der Waals surface area contributed by atoms with Gasteiger partial charge < -0.3 is 20.4 Å². The number of halogens is 1. The number of likely N-dealkylation sites (tertiary alicyclic amines) is 1. The zero-order chi connectivity index (χ0) is 20.2. The van der Waals surface area contributed by atoms with E-state index in [-0.39, 0.29) is 48.3 Å². The first-order valence-electron chi connectivity index (χ1n) is 9.50. The number of carbonyl (C=O) groups excluding carboxylic acids is 3. The molecule has 160 valence electrons. The lowest BCUT2D eigenvalue weighted by Gasteiger charge is -2.40. The molecule has 10 heteroatoms. The first-order valence-corrected chi connectivity index (χ1v) is 9.50. The third-order valence-corrected chi connectivity index (χ3v) is 5.21. The minimum atomic E-state index is -0.854. The van der Waals surface area contributed by atoms with Crippen LogP contribution in [0.2, 0.25) is 0 Å². The molecule has 0 saturated carbocycles. The maximum atomic E-state index is 12.2. The number of urea groups is 1. The van der Waals surface area contributed by atoms with E-state index < -0.39 is 11.6 Å². The van der Waals surface area contributed by atoms with Crippen LogP contribution in [0, 0.1) is 11.8 Å². The molecule has 3 N–H and O–H groups in total. The number of aliphatic imine (C=N–C) groups is 1. The summed E-state index contributed by atoms with van der Waals surface area (Å²) < 4.78 is 0. The van der Waals surface area contributed by atoms with Gasteiger partial charge in [0.25, 0.3) is 5.91 Å². The van der Waals surface area contributed by atoms with Crippen LogP contribution < -0.4 is 16.0 Å². The van der Waals surface area contributed by atoms with Crippen molar-refractivity contribution in [3.63, 3.8) is 0 Å². The van der Waals surface area contributed by atoms with Gasteiger partial charge in [-0.1, -0.05) is 13.8 Å². The van der Waals surface area contributed by atoms with Crippen molar-refractivity contribution in [1.29, 1.82) is 0 Å². The second-order valence-electron chi connectivity index (χ2n) is 8.07. The fourth-order valence-corrected chi connectivity index (χ4v) is 3.36. The predicted octanol–water partition coefficient (Wildman–Crippen LogP) is 0.604. The largest absolute Gasteiger partial charge is 0.356 e. The van der Waals surface area contributed by atoms with Crippen LogP contribution in [-0.4, -0.2) is 79.4 Å². The van der Waals surface area contributed by atoms with Crippen molar-refractivity contribution in [1.82, 2.24) is 25.8 Å². The minimum absolute atomic E-state index is 0. The molecule has 0 aliphatic carbocycles. The van der Waals surface area contributed by atoms with E-state index in [1.807, 2.05) is 0 Å². The Bertz CT molecular complexity index is 616. The number of hydrogen-bond donors (Lipinski definition) is 3. The van der Waals surface area contributed by atoms with Crippen LogP contribution in [0.5, 0.6) is 0 Å². The van der Waals surface area contributed by atoms with E-state index in [1.165, 1.54) is 4.90 Å². The molecule has 28 heavy (non-hydrogen) atoms. The first-order chi connectivity index (χ1) is 12.6. The van der Waals surface area contributed by atoms with Crippen LogP contribution in [0.4, 0.5) is 4.79 Å². The lowest BCUT2D eigenvalue weighted by Crippen LogP contribution is -2.55. The van der Waals surface area contributed by atoms with Crippen molar-refractivity contribution in [2.75, 3.05) is 40.3 Å². The molecule has 2 aliphatic heterocycles. The summed E-state index contributed by atoms with van der Waals surface area (Å²) in [6, 6.07) is -0.423. The van der Waals surface area contributed by atoms with Gasteiger partial charge in [-0.05, 0) is 31.6 Å². The van der Waals surface area contributed by atoms with Crippen molar-refractivity contribution in [2.45, 2.75) is 39.2 Å². The van der Waals surface area contributed by atoms with Crippen molar-refractivity contribution in [2.24, 2.45) is 16.8 Å². The van der Waals surface area contributed by atoms with Gasteiger partial charge in [-0.3, -0.25) is 14.9 Å². The van der Waals surface area contributed by atoms with E-state index >= 15 is 0 Å². The van der Waals surface area contributed by atoms with Gasteiger partial charge in [-0.15, -0.1) is 24.0 Å². The molecule has 2 rings (SSSR count). The van der Waals surface area contributed by atoms with Crippen molar-refractivity contribution < 1.29 is 14.4 Å². The van der Waals surface area contributed by atoms with Crippen LogP contribution in [0.3, 0.4) is 0 Å². The average molecular weight is 508 g/mol. The van der Waals surface area contributed by atoms with E-state index in [0.29, 0.717) is 19.0 Å². The van der Waals surface area contributed by atoms with Crippen LogP contribution >= 0.6 is 24.0 Å². The van der Waals surface area contributed by atoms with Crippen LogP contribution in [0.1, 0.15) is 33.6 Å². The minimum Gasteiger partial charge on any atom is -0.356 e. The second kappa shape index (κ2) is 10.3. The molecule has 2 fully saturated rings. The highest BCUT2D eigenvalue weighted by atomic mass is 127. The van der Waals surface area contributed by atoms with Crippen molar-refractivity contribution in [3.8, 4) is 0 Å². The lowest BCUT2D eigenvalue weighted by molar-refractivity contribution is -0.127. The highest BCUT2D eigenvalue weighted by Gasteiger charge is 2.48. The van der Waals surface area contributed by atoms with E-state index in [0.717, 1.165) is 25.3 Å². The number of nitrogens with one attached hydrogen (secondary N) is 3. The van der Waals surface area contributed by atoms with E-state index in [9.17, 15) is 14.4 Å². The SMILES string of the molecule is CC(C)CNC(=NCC(=O)N(C)C)N1CCC(C2(C)NC(=O)NC2=O)CC1.I. The molecule has 2 aliphatic rings. The second-order valence-corrected chi connectivity index (χ2v) is 8.07. The highest BCUT2D eigenvalue weighted by Crippen LogP contribution is 2.30. The van der Waals surface area contributed by atoms with Gasteiger partial charge in [-0.25, -0.2) is 9.79 Å². The molecular formula is C18H33IN6O3. The molecule has 0 spiro atoms. The molecule has 2 heterocycles. The van der Waals surface area contributed by atoms with Gasteiger partial charge in [0, 0.05) is 33.7 Å². The summed E-state index contributed by atoms with van der Waals surface area (Å²) >= 11 is 0. The average Bonchev–Trinajstić information content (AvgIpc) is 2.87. The zero-order valence-corrected chi connectivity index (χ0v) is 19.7. The molecule has 0 bridgehead atoms. The number of hydrogen-bond acceptors (Lipinski definition) is 4. The lowest BCUT2D eigenvalue weighted by atomic mass is 9.79. The Labute approximate surface area is 184 Å². The summed E-state index contributed by atoms with van der Waals surface area (Å²) in [7, 11) is 3.43. The molecule has 9 nitrogen and oxygen atoms in total. The van der Waals surface area contributed by atoms with E-state index in [1.54, 1.807) is 21.0 Å². The normalized spacial score (nSPS) is 23.2. The standard InChI is InChI=1S/C18H32N6O3.HI/c1-12(2)10-19-16(20-11-14(25)23(4)5)24-8-6-13(7-9-24)18(3)15(26)21-17(27)22-18;/h12-13H,6-11H2,1-5H3,(H,19,20)(H2,21,22,26,27);1H. The van der Waals surface area contributed by atoms with Crippen LogP contribution in [-0.2, 0) is 9.59 Å².